The highest BCUT2D eigenvalue weighted by atomic mass is 16.2. The second-order valence-electron chi connectivity index (χ2n) is 2.69. The summed E-state index contributed by atoms with van der Waals surface area (Å²) in [7, 11) is 0. The molecular formula is C5H10N2O. The lowest BCUT2D eigenvalue weighted by atomic mass is 9.86. The molecule has 0 aromatic rings. The molecule has 3 nitrogen and oxygen atoms in total. The fourth-order valence-corrected chi connectivity index (χ4v) is 0.723. The van der Waals surface area contributed by atoms with Crippen LogP contribution in [0.1, 0.15) is 13.8 Å². The molecule has 0 aliphatic carbocycles. The van der Waals surface area contributed by atoms with Gasteiger partial charge in [0.2, 0.25) is 5.91 Å². The highest BCUT2D eigenvalue weighted by molar-refractivity contribution is 5.90. The number of hydrogen-bond acceptors (Lipinski definition) is 2. The molecule has 1 amide bonds. The minimum Gasteiger partial charge on any atom is -0.348 e. The van der Waals surface area contributed by atoms with E-state index in [9.17, 15) is 4.79 Å². The van der Waals surface area contributed by atoms with Gasteiger partial charge in [0, 0.05) is 0 Å². The maximum atomic E-state index is 10.4. The predicted molar refractivity (Wildman–Crippen MR) is 30.2 cm³/mol. The van der Waals surface area contributed by atoms with E-state index in [1.807, 2.05) is 13.8 Å². The van der Waals surface area contributed by atoms with Gasteiger partial charge >= 0.3 is 0 Å². The molecule has 1 aliphatic rings. The maximum Gasteiger partial charge on any atom is 0.239 e. The Morgan fingerprint density at radius 3 is 2.25 bits per heavy atom. The molecule has 1 saturated heterocycles. The molecule has 46 valence electrons. The van der Waals surface area contributed by atoms with E-state index in [1.165, 1.54) is 0 Å². The van der Waals surface area contributed by atoms with Crippen molar-refractivity contribution < 1.29 is 4.79 Å². The smallest absolute Gasteiger partial charge is 0.239 e. The van der Waals surface area contributed by atoms with Crippen LogP contribution in [-0.4, -0.2) is 17.5 Å². The van der Waals surface area contributed by atoms with Crippen LogP contribution in [0.15, 0.2) is 0 Å². The van der Waals surface area contributed by atoms with Crippen LogP contribution in [0.3, 0.4) is 0 Å². The number of carbonyl (C=O) groups excluding carboxylic acids is 1. The number of carbonyl (C=O) groups is 1. The van der Waals surface area contributed by atoms with Crippen molar-refractivity contribution in [3.63, 3.8) is 0 Å². The van der Waals surface area contributed by atoms with E-state index in [-0.39, 0.29) is 17.5 Å². The Balaban J connectivity index is 2.60. The average Bonchev–Trinajstić information content (AvgIpc) is 1.65. The first-order valence-electron chi connectivity index (χ1n) is 2.61. The third kappa shape index (κ3) is 0.512. The Bertz CT molecular complexity index is 130. The van der Waals surface area contributed by atoms with Crippen LogP contribution in [0, 0.1) is 0 Å². The van der Waals surface area contributed by atoms with Crippen molar-refractivity contribution in [3.8, 4) is 0 Å². The number of nitrogens with one attached hydrogen (secondary N) is 1. The van der Waals surface area contributed by atoms with E-state index >= 15 is 0 Å². The second kappa shape index (κ2) is 1.23. The predicted octanol–water partition coefficient (Wildman–Crippen LogP) is -0.778. The number of nitrogens with two attached hydrogens (primary N) is 1. The van der Waals surface area contributed by atoms with Crippen molar-refractivity contribution in [2.45, 2.75) is 25.4 Å². The van der Waals surface area contributed by atoms with Gasteiger partial charge in [0.15, 0.2) is 0 Å². The molecule has 1 heterocycles. The third-order valence-electron chi connectivity index (χ3n) is 1.51. The molecular weight excluding hydrogens is 104 g/mol. The minimum absolute atomic E-state index is 0.0463. The van der Waals surface area contributed by atoms with Gasteiger partial charge in [-0.3, -0.25) is 4.79 Å². The molecule has 0 aromatic heterocycles. The average molecular weight is 114 g/mol. The first-order chi connectivity index (χ1) is 3.54. The van der Waals surface area contributed by atoms with E-state index in [0.717, 1.165) is 0 Å². The summed E-state index contributed by atoms with van der Waals surface area (Å²) in [6.45, 7) is 3.80. The molecule has 0 saturated carbocycles. The first-order valence-corrected chi connectivity index (χ1v) is 2.61. The van der Waals surface area contributed by atoms with E-state index in [2.05, 4.69) is 5.32 Å². The Morgan fingerprint density at radius 2 is 2.25 bits per heavy atom. The minimum atomic E-state index is -0.303. The van der Waals surface area contributed by atoms with Crippen LogP contribution in [0.25, 0.3) is 0 Å². The fourth-order valence-electron chi connectivity index (χ4n) is 0.723. The Kier molecular flexibility index (Phi) is 0.854. The SMILES string of the molecule is CC1(C)NC(=O)[C@H]1N. The molecule has 0 unspecified atom stereocenters. The molecule has 1 atom stereocenters. The van der Waals surface area contributed by atoms with Crippen molar-refractivity contribution in [2.75, 3.05) is 0 Å². The van der Waals surface area contributed by atoms with Crippen LogP contribution in [0.2, 0.25) is 0 Å². The molecule has 3 N–H and O–H groups in total. The lowest BCUT2D eigenvalue weighted by Gasteiger charge is -2.41. The van der Waals surface area contributed by atoms with Gasteiger partial charge in [0.05, 0.1) is 5.54 Å². The lowest BCUT2D eigenvalue weighted by Crippen LogP contribution is -2.73. The summed E-state index contributed by atoms with van der Waals surface area (Å²) < 4.78 is 0. The Hall–Kier alpha value is -0.570. The van der Waals surface area contributed by atoms with Gasteiger partial charge in [-0.15, -0.1) is 0 Å². The van der Waals surface area contributed by atoms with E-state index < -0.39 is 0 Å². The summed E-state index contributed by atoms with van der Waals surface area (Å²) in [5, 5.41) is 2.67. The van der Waals surface area contributed by atoms with Crippen LogP contribution in [0.5, 0.6) is 0 Å². The zero-order chi connectivity index (χ0) is 6.36. The monoisotopic (exact) mass is 114 g/mol. The summed E-state index contributed by atoms with van der Waals surface area (Å²) >= 11 is 0. The van der Waals surface area contributed by atoms with Crippen molar-refractivity contribution in [2.24, 2.45) is 5.73 Å². The molecule has 1 fully saturated rings. The summed E-state index contributed by atoms with van der Waals surface area (Å²) in [5.74, 6) is -0.0463. The highest BCUT2D eigenvalue weighted by Crippen LogP contribution is 2.15. The highest BCUT2D eigenvalue weighted by Gasteiger charge is 2.43. The zero-order valence-corrected chi connectivity index (χ0v) is 5.06. The maximum absolute atomic E-state index is 10.4. The largest absolute Gasteiger partial charge is 0.348 e. The van der Waals surface area contributed by atoms with Gasteiger partial charge in [0.1, 0.15) is 6.04 Å². The molecule has 0 radical (unpaired) electrons. The third-order valence-corrected chi connectivity index (χ3v) is 1.51. The lowest BCUT2D eigenvalue weighted by molar-refractivity contribution is -0.133. The van der Waals surface area contributed by atoms with Crippen LogP contribution in [-0.2, 0) is 4.79 Å². The quantitative estimate of drug-likeness (QED) is 0.406. The van der Waals surface area contributed by atoms with Gasteiger partial charge in [-0.25, -0.2) is 0 Å². The number of β-lactam (4-membered cyclic amide) rings is 1. The van der Waals surface area contributed by atoms with Crippen molar-refractivity contribution in [3.05, 3.63) is 0 Å². The fraction of sp³-hybridized carbons (Fsp3) is 0.800. The van der Waals surface area contributed by atoms with Crippen molar-refractivity contribution in [1.82, 2.24) is 5.32 Å². The Morgan fingerprint density at radius 1 is 1.75 bits per heavy atom. The first kappa shape index (κ1) is 5.56. The van der Waals surface area contributed by atoms with Crippen LogP contribution >= 0.6 is 0 Å². The molecule has 1 aliphatic heterocycles. The normalized spacial score (nSPS) is 33.4. The number of hydrogen-bond donors (Lipinski definition) is 2. The van der Waals surface area contributed by atoms with E-state index in [1.54, 1.807) is 0 Å². The summed E-state index contributed by atoms with van der Waals surface area (Å²) in [6, 6.07) is -0.303. The summed E-state index contributed by atoms with van der Waals surface area (Å²) in [4.78, 5) is 10.4. The molecule has 8 heavy (non-hydrogen) atoms. The van der Waals surface area contributed by atoms with E-state index in [0.29, 0.717) is 0 Å². The molecule has 0 aromatic carbocycles. The molecule has 3 heteroatoms. The Labute approximate surface area is 48.2 Å². The molecule has 0 bridgehead atoms. The van der Waals surface area contributed by atoms with Crippen LogP contribution in [0.4, 0.5) is 0 Å². The summed E-state index contributed by atoms with van der Waals surface area (Å²) in [5.41, 5.74) is 5.22. The second-order valence-corrected chi connectivity index (χ2v) is 2.69. The van der Waals surface area contributed by atoms with Gasteiger partial charge in [-0.1, -0.05) is 0 Å². The molecule has 0 spiro atoms. The number of rotatable bonds is 0. The van der Waals surface area contributed by atoms with Gasteiger partial charge in [-0.2, -0.15) is 0 Å². The van der Waals surface area contributed by atoms with Crippen molar-refractivity contribution >= 4 is 5.91 Å². The zero-order valence-electron chi connectivity index (χ0n) is 5.06. The van der Waals surface area contributed by atoms with Crippen LogP contribution < -0.4 is 11.1 Å². The summed E-state index contributed by atoms with van der Waals surface area (Å²) in [6.07, 6.45) is 0. The molecule has 1 rings (SSSR count). The standard InChI is InChI=1S/C5H10N2O/c1-5(2)3(6)4(8)7-5/h3H,6H2,1-2H3,(H,7,8)/t3-/m1/s1. The van der Waals surface area contributed by atoms with Gasteiger partial charge < -0.3 is 11.1 Å². The van der Waals surface area contributed by atoms with Crippen molar-refractivity contribution in [1.29, 1.82) is 0 Å². The number of amides is 1. The van der Waals surface area contributed by atoms with Gasteiger partial charge in [-0.05, 0) is 13.8 Å². The topological polar surface area (TPSA) is 55.1 Å². The van der Waals surface area contributed by atoms with E-state index in [4.69, 9.17) is 5.73 Å². The van der Waals surface area contributed by atoms with Gasteiger partial charge in [0.25, 0.3) is 0 Å².